The van der Waals surface area contributed by atoms with Gasteiger partial charge in [-0.2, -0.15) is 0 Å². The van der Waals surface area contributed by atoms with E-state index in [0.717, 1.165) is 30.6 Å². The summed E-state index contributed by atoms with van der Waals surface area (Å²) in [6.45, 7) is 7.19. The lowest BCUT2D eigenvalue weighted by atomic mass is 10.1. The van der Waals surface area contributed by atoms with Gasteiger partial charge in [-0.05, 0) is 50.8 Å². The van der Waals surface area contributed by atoms with Crippen molar-refractivity contribution in [3.05, 3.63) is 29.8 Å². The topological polar surface area (TPSA) is 92.3 Å². The molecule has 0 radical (unpaired) electrons. The maximum Gasteiger partial charge on any atom is 0.213 e. The molecule has 31 heavy (non-hydrogen) atoms. The van der Waals surface area contributed by atoms with Crippen LogP contribution in [0.2, 0.25) is 0 Å². The summed E-state index contributed by atoms with van der Waals surface area (Å²) in [6.07, 6.45) is 3.02. The second kappa shape index (κ2) is 14.9. The predicted octanol–water partition coefficient (Wildman–Crippen LogP) is 2.59. The number of ether oxygens (including phenoxy) is 2. The average molecular weight is 569 g/mol. The first-order valence-corrected chi connectivity index (χ1v) is 12.4. The lowest BCUT2D eigenvalue weighted by Gasteiger charge is -2.23. The number of rotatable bonds is 11. The minimum atomic E-state index is -3.38. The molecule has 0 saturated carbocycles. The molecule has 1 atom stereocenters. The number of nitrogens with one attached hydrogen (secondary N) is 2. The quantitative estimate of drug-likeness (QED) is 0.242. The Hall–Kier alpha value is -1.11. The number of nitrogens with zero attached hydrogens (tertiary/aromatic N) is 2. The number of guanidine groups is 1. The van der Waals surface area contributed by atoms with Crippen molar-refractivity contribution in [2.75, 3.05) is 45.6 Å². The Bertz CT molecular complexity index is 753. The average Bonchev–Trinajstić information content (AvgIpc) is 2.74. The molecular formula is C21H37IN4O4S. The Kier molecular flexibility index (Phi) is 13.4. The molecule has 1 aliphatic heterocycles. The number of hydrogen-bond donors (Lipinski definition) is 2. The van der Waals surface area contributed by atoms with Crippen molar-refractivity contribution in [1.82, 2.24) is 14.9 Å². The monoisotopic (exact) mass is 568 g/mol. The highest BCUT2D eigenvalue weighted by atomic mass is 127. The molecule has 1 heterocycles. The molecule has 1 unspecified atom stereocenters. The van der Waals surface area contributed by atoms with Gasteiger partial charge in [0.15, 0.2) is 5.96 Å². The maximum atomic E-state index is 12.3. The smallest absolute Gasteiger partial charge is 0.213 e. The van der Waals surface area contributed by atoms with Gasteiger partial charge in [-0.25, -0.2) is 13.1 Å². The highest BCUT2D eigenvalue weighted by molar-refractivity contribution is 14.0. The Morgan fingerprint density at radius 2 is 2.00 bits per heavy atom. The van der Waals surface area contributed by atoms with Gasteiger partial charge in [0.2, 0.25) is 10.0 Å². The van der Waals surface area contributed by atoms with Crippen LogP contribution < -0.4 is 14.8 Å². The van der Waals surface area contributed by atoms with E-state index < -0.39 is 10.0 Å². The fourth-order valence-electron chi connectivity index (χ4n) is 3.21. The van der Waals surface area contributed by atoms with Crippen LogP contribution in [0.3, 0.4) is 0 Å². The van der Waals surface area contributed by atoms with Gasteiger partial charge in [-0.3, -0.25) is 4.99 Å². The van der Waals surface area contributed by atoms with Crippen molar-refractivity contribution in [2.45, 2.75) is 45.8 Å². The van der Waals surface area contributed by atoms with Crippen LogP contribution in [0.15, 0.2) is 29.3 Å². The van der Waals surface area contributed by atoms with Crippen LogP contribution in [-0.2, 0) is 21.3 Å². The zero-order valence-corrected chi connectivity index (χ0v) is 21.9. The molecule has 0 bridgehead atoms. The Morgan fingerprint density at radius 1 is 1.26 bits per heavy atom. The van der Waals surface area contributed by atoms with Crippen LogP contribution in [0.25, 0.3) is 0 Å². The van der Waals surface area contributed by atoms with Crippen molar-refractivity contribution < 1.29 is 17.9 Å². The summed E-state index contributed by atoms with van der Waals surface area (Å²) in [5.74, 6) is 1.48. The molecule has 1 aromatic rings. The lowest BCUT2D eigenvalue weighted by molar-refractivity contribution is 0.0200. The van der Waals surface area contributed by atoms with E-state index in [2.05, 4.69) is 15.0 Å². The summed E-state index contributed by atoms with van der Waals surface area (Å²) in [4.78, 5) is 6.47. The standard InChI is InChI=1S/C21H36N4O4S.HI/c1-4-22-21(25(3)17-18-9-11-19(12-10-18)28-5-2)23-13-15-30(26,27)24-16-20-8-6-7-14-29-20;/h9-12,20,24H,4-8,13-17H2,1-3H3,(H,22,23);1H. The zero-order valence-electron chi connectivity index (χ0n) is 18.8. The van der Waals surface area contributed by atoms with Crippen LogP contribution >= 0.6 is 24.0 Å². The van der Waals surface area contributed by atoms with E-state index in [9.17, 15) is 8.42 Å². The number of aliphatic imine (C=N–C) groups is 1. The summed E-state index contributed by atoms with van der Waals surface area (Å²) in [5, 5.41) is 3.22. The Labute approximate surface area is 204 Å². The second-order valence-corrected chi connectivity index (χ2v) is 9.25. The summed E-state index contributed by atoms with van der Waals surface area (Å²) in [6, 6.07) is 7.94. The van der Waals surface area contributed by atoms with Crippen molar-refractivity contribution >= 4 is 40.0 Å². The molecule has 1 saturated heterocycles. The van der Waals surface area contributed by atoms with Gasteiger partial charge in [0, 0.05) is 33.3 Å². The Balaban J connectivity index is 0.00000480. The van der Waals surface area contributed by atoms with E-state index in [1.54, 1.807) is 0 Å². The van der Waals surface area contributed by atoms with E-state index in [1.165, 1.54) is 0 Å². The van der Waals surface area contributed by atoms with Crippen LogP contribution in [0.1, 0.15) is 38.7 Å². The first-order valence-electron chi connectivity index (χ1n) is 10.7. The van der Waals surface area contributed by atoms with Gasteiger partial charge in [-0.1, -0.05) is 12.1 Å². The van der Waals surface area contributed by atoms with Crippen molar-refractivity contribution in [3.8, 4) is 5.75 Å². The molecule has 178 valence electrons. The number of halogens is 1. The molecule has 1 aliphatic rings. The fourth-order valence-corrected chi connectivity index (χ4v) is 4.12. The molecule has 0 spiro atoms. The number of sulfonamides is 1. The number of benzene rings is 1. The summed E-state index contributed by atoms with van der Waals surface area (Å²) in [7, 11) is -1.45. The molecular weight excluding hydrogens is 531 g/mol. The van der Waals surface area contributed by atoms with Crippen LogP contribution in [0, 0.1) is 0 Å². The molecule has 10 heteroatoms. The third-order valence-electron chi connectivity index (χ3n) is 4.78. The van der Waals surface area contributed by atoms with Gasteiger partial charge in [0.1, 0.15) is 5.75 Å². The highest BCUT2D eigenvalue weighted by Crippen LogP contribution is 2.13. The first kappa shape index (κ1) is 27.9. The van der Waals surface area contributed by atoms with Gasteiger partial charge in [0.05, 0.1) is 25.0 Å². The van der Waals surface area contributed by atoms with Gasteiger partial charge >= 0.3 is 0 Å². The minimum Gasteiger partial charge on any atom is -0.494 e. The molecule has 1 aromatic carbocycles. The molecule has 2 rings (SSSR count). The molecule has 0 aromatic heterocycles. The van der Waals surface area contributed by atoms with E-state index in [0.29, 0.717) is 38.8 Å². The normalized spacial score (nSPS) is 17.0. The van der Waals surface area contributed by atoms with E-state index in [1.807, 2.05) is 50.1 Å². The van der Waals surface area contributed by atoms with Crippen molar-refractivity contribution in [2.24, 2.45) is 4.99 Å². The summed E-state index contributed by atoms with van der Waals surface area (Å²) >= 11 is 0. The van der Waals surface area contributed by atoms with E-state index in [4.69, 9.17) is 9.47 Å². The van der Waals surface area contributed by atoms with E-state index in [-0.39, 0.29) is 42.4 Å². The molecule has 8 nitrogen and oxygen atoms in total. The van der Waals surface area contributed by atoms with Crippen molar-refractivity contribution in [1.29, 1.82) is 0 Å². The third-order valence-corrected chi connectivity index (χ3v) is 6.10. The molecule has 1 fully saturated rings. The van der Waals surface area contributed by atoms with Gasteiger partial charge < -0.3 is 19.7 Å². The Morgan fingerprint density at radius 3 is 2.61 bits per heavy atom. The van der Waals surface area contributed by atoms with Crippen LogP contribution in [0.5, 0.6) is 5.75 Å². The summed E-state index contributed by atoms with van der Waals surface area (Å²) < 4.78 is 38.3. The third kappa shape index (κ3) is 10.8. The van der Waals surface area contributed by atoms with Gasteiger partial charge in [0.25, 0.3) is 0 Å². The first-order chi connectivity index (χ1) is 14.4. The lowest BCUT2D eigenvalue weighted by Crippen LogP contribution is -2.39. The second-order valence-electron chi connectivity index (χ2n) is 7.32. The molecule has 0 amide bonds. The predicted molar refractivity (Wildman–Crippen MR) is 136 cm³/mol. The van der Waals surface area contributed by atoms with Crippen LogP contribution in [0.4, 0.5) is 0 Å². The maximum absolute atomic E-state index is 12.3. The van der Waals surface area contributed by atoms with E-state index >= 15 is 0 Å². The fraction of sp³-hybridized carbons (Fsp3) is 0.667. The zero-order chi connectivity index (χ0) is 21.8. The van der Waals surface area contributed by atoms with Crippen LogP contribution in [-0.4, -0.2) is 71.0 Å². The minimum absolute atomic E-state index is 0. The molecule has 2 N–H and O–H groups in total. The number of hydrogen-bond acceptors (Lipinski definition) is 5. The van der Waals surface area contributed by atoms with Gasteiger partial charge in [-0.15, -0.1) is 24.0 Å². The highest BCUT2D eigenvalue weighted by Gasteiger charge is 2.17. The summed E-state index contributed by atoms with van der Waals surface area (Å²) in [5.41, 5.74) is 1.12. The van der Waals surface area contributed by atoms with Crippen molar-refractivity contribution in [3.63, 3.8) is 0 Å². The SMILES string of the molecule is CCNC(=NCCS(=O)(=O)NCC1CCCCO1)N(C)Cc1ccc(OCC)cc1.I. The largest absolute Gasteiger partial charge is 0.494 e. The molecule has 0 aliphatic carbocycles.